The summed E-state index contributed by atoms with van der Waals surface area (Å²) in [5.74, 6) is 0.760. The first-order valence-corrected chi connectivity index (χ1v) is 6.29. The molecule has 0 radical (unpaired) electrons. The number of carbonyl (C=O) groups is 1. The van der Waals surface area contributed by atoms with E-state index in [1.165, 1.54) is 0 Å². The van der Waals surface area contributed by atoms with Crippen LogP contribution in [0.4, 0.5) is 10.5 Å². The van der Waals surface area contributed by atoms with Crippen LogP contribution < -0.4 is 15.4 Å². The molecule has 1 amide bonds. The number of alkyl carbamates (subject to hydrolysis) is 1. The third kappa shape index (κ3) is 5.99. The molecule has 1 aromatic carbocycles. The number of para-hydroxylation sites is 2. The Kier molecular flexibility index (Phi) is 5.48. The van der Waals surface area contributed by atoms with Gasteiger partial charge in [0.2, 0.25) is 0 Å². The molecule has 0 atom stereocenters. The van der Waals surface area contributed by atoms with E-state index in [-0.39, 0.29) is 0 Å². The van der Waals surface area contributed by atoms with E-state index < -0.39 is 11.7 Å². The second-order valence-corrected chi connectivity index (χ2v) is 5.02. The third-order valence-corrected chi connectivity index (χ3v) is 2.18. The summed E-state index contributed by atoms with van der Waals surface area (Å²) in [6.07, 6.45) is -0.432. The maximum atomic E-state index is 11.4. The molecule has 0 aliphatic carbocycles. The summed E-state index contributed by atoms with van der Waals surface area (Å²) in [7, 11) is 1.83. The summed E-state index contributed by atoms with van der Waals surface area (Å²) >= 11 is 0. The van der Waals surface area contributed by atoms with Gasteiger partial charge < -0.3 is 20.1 Å². The van der Waals surface area contributed by atoms with E-state index in [1.807, 2.05) is 52.1 Å². The highest BCUT2D eigenvalue weighted by Crippen LogP contribution is 2.22. The second-order valence-electron chi connectivity index (χ2n) is 5.02. The van der Waals surface area contributed by atoms with Gasteiger partial charge in [0.05, 0.1) is 12.2 Å². The van der Waals surface area contributed by atoms with E-state index in [2.05, 4.69) is 10.6 Å². The van der Waals surface area contributed by atoms with Gasteiger partial charge in [-0.3, -0.25) is 0 Å². The molecular formula is C14H22N2O3. The molecule has 0 fully saturated rings. The largest absolute Gasteiger partial charge is 0.490 e. The van der Waals surface area contributed by atoms with Crippen LogP contribution in [-0.4, -0.2) is 31.9 Å². The van der Waals surface area contributed by atoms with Crippen LogP contribution in [0, 0.1) is 0 Å². The fourth-order valence-electron chi connectivity index (χ4n) is 1.43. The number of hydrogen-bond acceptors (Lipinski definition) is 4. The standard InChI is InChI=1S/C14H22N2O3/c1-14(2,3)19-13(17)16-9-10-18-12-8-6-5-7-11(12)15-4/h5-8,15H,9-10H2,1-4H3,(H,16,17). The summed E-state index contributed by atoms with van der Waals surface area (Å²) in [5.41, 5.74) is 0.434. The van der Waals surface area contributed by atoms with Gasteiger partial charge in [-0.05, 0) is 32.9 Å². The van der Waals surface area contributed by atoms with Crippen molar-refractivity contribution in [2.45, 2.75) is 26.4 Å². The molecule has 1 rings (SSSR count). The Morgan fingerprint density at radius 1 is 1.26 bits per heavy atom. The highest BCUT2D eigenvalue weighted by molar-refractivity contribution is 5.67. The van der Waals surface area contributed by atoms with Crippen LogP contribution in [0.3, 0.4) is 0 Å². The average molecular weight is 266 g/mol. The number of carbonyl (C=O) groups excluding carboxylic acids is 1. The minimum Gasteiger partial charge on any atom is -0.490 e. The number of anilines is 1. The molecule has 0 unspecified atom stereocenters. The molecule has 0 saturated carbocycles. The van der Waals surface area contributed by atoms with E-state index in [0.29, 0.717) is 13.2 Å². The summed E-state index contributed by atoms with van der Waals surface area (Å²) in [6.45, 7) is 6.26. The Morgan fingerprint density at radius 3 is 2.58 bits per heavy atom. The van der Waals surface area contributed by atoms with Crippen molar-refractivity contribution < 1.29 is 14.3 Å². The fourth-order valence-corrected chi connectivity index (χ4v) is 1.43. The van der Waals surface area contributed by atoms with Gasteiger partial charge in [-0.25, -0.2) is 4.79 Å². The van der Waals surface area contributed by atoms with E-state index >= 15 is 0 Å². The predicted octanol–water partition coefficient (Wildman–Crippen LogP) is 2.63. The van der Waals surface area contributed by atoms with Crippen LogP contribution in [0.15, 0.2) is 24.3 Å². The van der Waals surface area contributed by atoms with Crippen molar-refractivity contribution in [1.82, 2.24) is 5.32 Å². The van der Waals surface area contributed by atoms with Gasteiger partial charge in [0.25, 0.3) is 0 Å². The first-order valence-electron chi connectivity index (χ1n) is 6.29. The zero-order valence-corrected chi connectivity index (χ0v) is 11.9. The number of rotatable bonds is 5. The molecule has 0 bridgehead atoms. The van der Waals surface area contributed by atoms with Crippen LogP contribution in [-0.2, 0) is 4.74 Å². The quantitative estimate of drug-likeness (QED) is 0.804. The molecule has 0 aromatic heterocycles. The Labute approximate surface area is 114 Å². The fraction of sp³-hybridized carbons (Fsp3) is 0.500. The number of ether oxygens (including phenoxy) is 2. The lowest BCUT2D eigenvalue weighted by atomic mass is 10.2. The maximum absolute atomic E-state index is 11.4. The zero-order chi connectivity index (χ0) is 14.3. The van der Waals surface area contributed by atoms with Gasteiger partial charge in [-0.1, -0.05) is 12.1 Å². The molecule has 1 aromatic rings. The highest BCUT2D eigenvalue weighted by Gasteiger charge is 2.15. The SMILES string of the molecule is CNc1ccccc1OCCNC(=O)OC(C)(C)C. The van der Waals surface area contributed by atoms with E-state index in [0.717, 1.165) is 11.4 Å². The van der Waals surface area contributed by atoms with Gasteiger partial charge in [-0.2, -0.15) is 0 Å². The topological polar surface area (TPSA) is 59.6 Å². The molecule has 5 heteroatoms. The van der Waals surface area contributed by atoms with Crippen molar-refractivity contribution in [2.24, 2.45) is 0 Å². The van der Waals surface area contributed by atoms with Crippen molar-refractivity contribution in [1.29, 1.82) is 0 Å². The van der Waals surface area contributed by atoms with E-state index in [9.17, 15) is 4.79 Å². The second kappa shape index (κ2) is 6.87. The van der Waals surface area contributed by atoms with Gasteiger partial charge >= 0.3 is 6.09 Å². The Morgan fingerprint density at radius 2 is 1.95 bits per heavy atom. The molecule has 5 nitrogen and oxygen atoms in total. The van der Waals surface area contributed by atoms with Crippen molar-refractivity contribution >= 4 is 11.8 Å². The van der Waals surface area contributed by atoms with Gasteiger partial charge in [0.15, 0.2) is 0 Å². The number of hydrogen-bond donors (Lipinski definition) is 2. The lowest BCUT2D eigenvalue weighted by Crippen LogP contribution is -2.34. The molecule has 106 valence electrons. The van der Waals surface area contributed by atoms with E-state index in [4.69, 9.17) is 9.47 Å². The Bertz CT molecular complexity index is 413. The monoisotopic (exact) mass is 266 g/mol. The third-order valence-electron chi connectivity index (χ3n) is 2.18. The minimum absolute atomic E-state index is 0.387. The number of benzene rings is 1. The van der Waals surface area contributed by atoms with Crippen LogP contribution in [0.5, 0.6) is 5.75 Å². The van der Waals surface area contributed by atoms with Gasteiger partial charge in [-0.15, -0.1) is 0 Å². The average Bonchev–Trinajstić information content (AvgIpc) is 2.33. The lowest BCUT2D eigenvalue weighted by Gasteiger charge is -2.19. The van der Waals surface area contributed by atoms with Crippen LogP contribution in [0.2, 0.25) is 0 Å². The molecular weight excluding hydrogens is 244 g/mol. The first kappa shape index (κ1) is 15.1. The van der Waals surface area contributed by atoms with Gasteiger partial charge in [0, 0.05) is 7.05 Å². The minimum atomic E-state index is -0.482. The lowest BCUT2D eigenvalue weighted by molar-refractivity contribution is 0.0520. The first-order chi connectivity index (χ1) is 8.92. The maximum Gasteiger partial charge on any atom is 0.407 e. The molecule has 0 aliphatic heterocycles. The molecule has 0 spiro atoms. The number of nitrogens with one attached hydrogen (secondary N) is 2. The smallest absolute Gasteiger partial charge is 0.407 e. The van der Waals surface area contributed by atoms with Crippen LogP contribution in [0.25, 0.3) is 0 Å². The summed E-state index contributed by atoms with van der Waals surface area (Å²) in [5, 5.41) is 5.68. The highest BCUT2D eigenvalue weighted by atomic mass is 16.6. The Hall–Kier alpha value is -1.91. The Balaban J connectivity index is 2.29. The summed E-state index contributed by atoms with van der Waals surface area (Å²) < 4.78 is 10.7. The van der Waals surface area contributed by atoms with Crippen molar-refractivity contribution in [3.8, 4) is 5.75 Å². The van der Waals surface area contributed by atoms with Crippen molar-refractivity contribution in [3.05, 3.63) is 24.3 Å². The normalized spacial score (nSPS) is 10.7. The molecule has 0 heterocycles. The van der Waals surface area contributed by atoms with Crippen molar-refractivity contribution in [2.75, 3.05) is 25.5 Å². The molecule has 19 heavy (non-hydrogen) atoms. The molecule has 0 saturated heterocycles. The number of amides is 1. The zero-order valence-electron chi connectivity index (χ0n) is 11.9. The van der Waals surface area contributed by atoms with Crippen LogP contribution >= 0.6 is 0 Å². The predicted molar refractivity (Wildman–Crippen MR) is 75.7 cm³/mol. The molecule has 2 N–H and O–H groups in total. The molecule has 0 aliphatic rings. The van der Waals surface area contributed by atoms with Crippen LogP contribution in [0.1, 0.15) is 20.8 Å². The van der Waals surface area contributed by atoms with Gasteiger partial charge in [0.1, 0.15) is 18.0 Å². The summed E-state index contributed by atoms with van der Waals surface area (Å²) in [4.78, 5) is 11.4. The van der Waals surface area contributed by atoms with Crippen molar-refractivity contribution in [3.63, 3.8) is 0 Å². The summed E-state index contributed by atoms with van der Waals surface area (Å²) in [6, 6.07) is 7.63. The van der Waals surface area contributed by atoms with E-state index in [1.54, 1.807) is 0 Å².